The molecule has 1 saturated heterocycles. The fourth-order valence-electron chi connectivity index (χ4n) is 2.55. The lowest BCUT2D eigenvalue weighted by atomic mass is 9.95. The van der Waals surface area contributed by atoms with Gasteiger partial charge < -0.3 is 10.6 Å². The van der Waals surface area contributed by atoms with Gasteiger partial charge in [-0.15, -0.1) is 5.10 Å². The zero-order chi connectivity index (χ0) is 13.1. The minimum absolute atomic E-state index is 0.0888. The van der Waals surface area contributed by atoms with Crippen molar-refractivity contribution in [2.45, 2.75) is 19.3 Å². The van der Waals surface area contributed by atoms with Gasteiger partial charge >= 0.3 is 5.69 Å². The highest BCUT2D eigenvalue weighted by Crippen LogP contribution is 2.30. The Labute approximate surface area is 106 Å². The lowest BCUT2D eigenvalue weighted by molar-refractivity contribution is -0.384. The zero-order valence-electron chi connectivity index (χ0n) is 10.6. The predicted octanol–water partition coefficient (Wildman–Crippen LogP) is 0.894. The number of nitro groups is 1. The van der Waals surface area contributed by atoms with Crippen LogP contribution in [0, 0.1) is 16.0 Å². The molecular weight excluding hydrogens is 234 g/mol. The maximum absolute atomic E-state index is 11.0. The van der Waals surface area contributed by atoms with Crippen molar-refractivity contribution in [1.29, 1.82) is 0 Å². The molecule has 100 valence electrons. The van der Waals surface area contributed by atoms with Crippen LogP contribution in [0.5, 0.6) is 0 Å². The van der Waals surface area contributed by atoms with Crippen LogP contribution in [0.15, 0.2) is 6.20 Å². The first-order valence-corrected chi connectivity index (χ1v) is 6.25. The molecule has 0 spiro atoms. The van der Waals surface area contributed by atoms with E-state index in [2.05, 4.69) is 5.10 Å². The van der Waals surface area contributed by atoms with Crippen LogP contribution in [0.4, 0.5) is 11.5 Å². The highest BCUT2D eigenvalue weighted by atomic mass is 16.6. The first-order chi connectivity index (χ1) is 8.61. The number of nitrogens with two attached hydrogens (primary N) is 1. The molecule has 1 fully saturated rings. The maximum Gasteiger partial charge on any atom is 0.330 e. The number of hydrogen-bond donors (Lipinski definition) is 1. The first-order valence-electron chi connectivity index (χ1n) is 6.25. The fourth-order valence-corrected chi connectivity index (χ4v) is 2.55. The molecule has 1 aliphatic rings. The Morgan fingerprint density at radius 1 is 1.67 bits per heavy atom. The van der Waals surface area contributed by atoms with E-state index in [4.69, 9.17) is 5.73 Å². The van der Waals surface area contributed by atoms with Crippen molar-refractivity contribution < 1.29 is 4.92 Å². The fraction of sp³-hybridized carbons (Fsp3) is 0.727. The summed E-state index contributed by atoms with van der Waals surface area (Å²) < 4.78 is 1.50. The van der Waals surface area contributed by atoms with Gasteiger partial charge in [0.2, 0.25) is 5.82 Å². The van der Waals surface area contributed by atoms with Gasteiger partial charge in [-0.2, -0.15) is 0 Å². The third-order valence-electron chi connectivity index (χ3n) is 3.38. The van der Waals surface area contributed by atoms with Crippen LogP contribution >= 0.6 is 0 Å². The Morgan fingerprint density at radius 3 is 3.11 bits per heavy atom. The monoisotopic (exact) mass is 253 g/mol. The van der Waals surface area contributed by atoms with E-state index >= 15 is 0 Å². The quantitative estimate of drug-likeness (QED) is 0.635. The van der Waals surface area contributed by atoms with Crippen molar-refractivity contribution in [3.8, 4) is 0 Å². The largest absolute Gasteiger partial charge is 0.349 e. The van der Waals surface area contributed by atoms with Crippen LogP contribution < -0.4 is 10.6 Å². The van der Waals surface area contributed by atoms with Gasteiger partial charge in [-0.25, -0.2) is 0 Å². The molecule has 0 saturated carbocycles. The van der Waals surface area contributed by atoms with Crippen molar-refractivity contribution in [3.05, 3.63) is 16.3 Å². The molecule has 0 bridgehead atoms. The summed E-state index contributed by atoms with van der Waals surface area (Å²) in [6.45, 7) is 2.32. The van der Waals surface area contributed by atoms with Crippen LogP contribution in [-0.2, 0) is 7.05 Å². The SMILES string of the molecule is Cn1cc([N+](=O)[O-])c(N2CCCC(CCN)C2)n1. The lowest BCUT2D eigenvalue weighted by Gasteiger charge is -2.32. The molecule has 1 aliphatic heterocycles. The number of aromatic nitrogens is 2. The second-order valence-electron chi connectivity index (χ2n) is 4.80. The Kier molecular flexibility index (Phi) is 3.81. The van der Waals surface area contributed by atoms with E-state index in [-0.39, 0.29) is 10.6 Å². The van der Waals surface area contributed by atoms with Crippen LogP contribution in [-0.4, -0.2) is 34.3 Å². The molecule has 7 nitrogen and oxygen atoms in total. The van der Waals surface area contributed by atoms with Gasteiger partial charge in [0, 0.05) is 20.1 Å². The van der Waals surface area contributed by atoms with Crippen LogP contribution in [0.1, 0.15) is 19.3 Å². The van der Waals surface area contributed by atoms with E-state index in [9.17, 15) is 10.1 Å². The molecule has 1 unspecified atom stereocenters. The molecule has 2 rings (SSSR count). The normalized spacial score (nSPS) is 20.1. The Hall–Kier alpha value is -1.63. The second kappa shape index (κ2) is 5.34. The molecule has 18 heavy (non-hydrogen) atoms. The van der Waals surface area contributed by atoms with Crippen molar-refractivity contribution in [2.24, 2.45) is 18.7 Å². The van der Waals surface area contributed by atoms with Crippen LogP contribution in [0.3, 0.4) is 0 Å². The number of nitrogens with zero attached hydrogens (tertiary/aromatic N) is 4. The molecule has 7 heteroatoms. The van der Waals surface area contributed by atoms with E-state index < -0.39 is 0 Å². The molecule has 1 aromatic heterocycles. The molecule has 0 radical (unpaired) electrons. The summed E-state index contributed by atoms with van der Waals surface area (Å²) in [6, 6.07) is 0. The summed E-state index contributed by atoms with van der Waals surface area (Å²) >= 11 is 0. The molecule has 0 amide bonds. The van der Waals surface area contributed by atoms with Crippen molar-refractivity contribution in [1.82, 2.24) is 9.78 Å². The third kappa shape index (κ3) is 2.61. The number of rotatable bonds is 4. The molecule has 0 aliphatic carbocycles. The van der Waals surface area contributed by atoms with E-state index in [0.717, 1.165) is 32.4 Å². The number of aryl methyl sites for hydroxylation is 1. The average Bonchev–Trinajstić information content (AvgIpc) is 2.72. The highest BCUT2D eigenvalue weighted by Gasteiger charge is 2.28. The van der Waals surface area contributed by atoms with Gasteiger partial charge in [-0.1, -0.05) is 0 Å². The number of piperidine rings is 1. The molecule has 1 aromatic rings. The van der Waals surface area contributed by atoms with Crippen LogP contribution in [0.2, 0.25) is 0 Å². The van der Waals surface area contributed by atoms with Crippen molar-refractivity contribution in [2.75, 3.05) is 24.5 Å². The second-order valence-corrected chi connectivity index (χ2v) is 4.80. The summed E-state index contributed by atoms with van der Waals surface area (Å²) in [5.74, 6) is 1.01. The third-order valence-corrected chi connectivity index (χ3v) is 3.38. The van der Waals surface area contributed by atoms with Crippen molar-refractivity contribution in [3.63, 3.8) is 0 Å². The van der Waals surface area contributed by atoms with Crippen LogP contribution in [0.25, 0.3) is 0 Å². The van der Waals surface area contributed by atoms with E-state index in [1.807, 2.05) is 4.90 Å². The minimum atomic E-state index is -0.366. The lowest BCUT2D eigenvalue weighted by Crippen LogP contribution is -2.36. The predicted molar refractivity (Wildman–Crippen MR) is 68.5 cm³/mol. The number of hydrogen-bond acceptors (Lipinski definition) is 5. The summed E-state index contributed by atoms with van der Waals surface area (Å²) in [5.41, 5.74) is 5.67. The first kappa shape index (κ1) is 12.8. The van der Waals surface area contributed by atoms with Gasteiger partial charge in [-0.05, 0) is 31.7 Å². The Balaban J connectivity index is 2.17. The number of anilines is 1. The molecule has 2 N–H and O–H groups in total. The minimum Gasteiger partial charge on any atom is -0.349 e. The smallest absolute Gasteiger partial charge is 0.330 e. The highest BCUT2D eigenvalue weighted by molar-refractivity contribution is 5.57. The zero-order valence-corrected chi connectivity index (χ0v) is 10.6. The molecule has 2 heterocycles. The Morgan fingerprint density at radius 2 is 2.44 bits per heavy atom. The average molecular weight is 253 g/mol. The standard InChI is InChI=1S/C11H19N5O2/c1-14-8-10(16(17)18)11(13-14)15-6-2-3-9(7-15)4-5-12/h8-9H,2-7,12H2,1H3. The molecular formula is C11H19N5O2. The summed E-state index contributed by atoms with van der Waals surface area (Å²) in [7, 11) is 1.71. The summed E-state index contributed by atoms with van der Waals surface area (Å²) in [5, 5.41) is 15.2. The van der Waals surface area contributed by atoms with Gasteiger partial charge in [0.25, 0.3) is 0 Å². The van der Waals surface area contributed by atoms with E-state index in [1.165, 1.54) is 10.9 Å². The summed E-state index contributed by atoms with van der Waals surface area (Å²) in [4.78, 5) is 12.6. The molecule has 1 atom stereocenters. The van der Waals surface area contributed by atoms with Gasteiger partial charge in [0.15, 0.2) is 0 Å². The van der Waals surface area contributed by atoms with E-state index in [0.29, 0.717) is 18.3 Å². The van der Waals surface area contributed by atoms with Gasteiger partial charge in [0.1, 0.15) is 6.20 Å². The maximum atomic E-state index is 11.0. The van der Waals surface area contributed by atoms with Gasteiger partial charge in [-0.3, -0.25) is 14.8 Å². The Bertz CT molecular complexity index is 429. The summed E-state index contributed by atoms with van der Waals surface area (Å²) in [6.07, 6.45) is 4.62. The topological polar surface area (TPSA) is 90.2 Å². The van der Waals surface area contributed by atoms with Gasteiger partial charge in [0.05, 0.1) is 4.92 Å². The molecule has 0 aromatic carbocycles. The van der Waals surface area contributed by atoms with Crippen molar-refractivity contribution >= 4 is 11.5 Å². The van der Waals surface area contributed by atoms with E-state index in [1.54, 1.807) is 7.05 Å².